The van der Waals surface area contributed by atoms with E-state index in [2.05, 4.69) is 17.0 Å². The molecule has 0 bridgehead atoms. The molecule has 0 aliphatic carbocycles. The second kappa shape index (κ2) is 7.36. The van der Waals surface area contributed by atoms with E-state index in [1.54, 1.807) is 6.07 Å². The topological polar surface area (TPSA) is 64.0 Å². The quantitative estimate of drug-likeness (QED) is 0.844. The van der Waals surface area contributed by atoms with Crippen molar-refractivity contribution < 1.29 is 15.0 Å². The van der Waals surface area contributed by atoms with Gasteiger partial charge in [-0.3, -0.25) is 9.69 Å². The minimum Gasteiger partial charge on any atom is -0.504 e. The fourth-order valence-corrected chi connectivity index (χ4v) is 2.96. The number of nitrogens with zero attached hydrogens (tertiary/aromatic N) is 2. The number of carbonyl (C=O) groups excluding carboxylic acids is 1. The molecule has 1 saturated heterocycles. The zero-order chi connectivity index (χ0) is 16.9. The molecule has 2 N–H and O–H groups in total. The predicted molar refractivity (Wildman–Crippen MR) is 91.8 cm³/mol. The van der Waals surface area contributed by atoms with Gasteiger partial charge in [-0.2, -0.15) is 0 Å². The monoisotopic (exact) mass is 326 g/mol. The van der Waals surface area contributed by atoms with Crippen LogP contribution >= 0.6 is 0 Å². The number of phenols is 2. The van der Waals surface area contributed by atoms with Crippen molar-refractivity contribution in [2.45, 2.75) is 13.0 Å². The maximum Gasteiger partial charge on any atom is 0.227 e. The average molecular weight is 326 g/mol. The fourth-order valence-electron chi connectivity index (χ4n) is 2.96. The van der Waals surface area contributed by atoms with Crippen LogP contribution < -0.4 is 0 Å². The zero-order valence-electron chi connectivity index (χ0n) is 13.6. The SMILES string of the molecule is O=C(Cc1ccc(O)c(O)c1)N1CCN(Cc2ccccc2)CC1. The number of hydrogen-bond acceptors (Lipinski definition) is 4. The number of rotatable bonds is 4. The van der Waals surface area contributed by atoms with E-state index in [9.17, 15) is 15.0 Å². The van der Waals surface area contributed by atoms with Gasteiger partial charge in [0.25, 0.3) is 0 Å². The fraction of sp³-hybridized carbons (Fsp3) is 0.316. The Balaban J connectivity index is 1.50. The summed E-state index contributed by atoms with van der Waals surface area (Å²) in [7, 11) is 0. The molecule has 1 amide bonds. The standard InChI is InChI=1S/C19H22N2O3/c22-17-7-6-16(12-18(17)23)13-19(24)21-10-8-20(9-11-21)14-15-4-2-1-3-5-15/h1-7,12,22-23H,8-11,13-14H2. The molecular weight excluding hydrogens is 304 g/mol. The average Bonchev–Trinajstić information content (AvgIpc) is 2.60. The lowest BCUT2D eigenvalue weighted by atomic mass is 10.1. The molecule has 1 aliphatic rings. The van der Waals surface area contributed by atoms with Gasteiger partial charge in [0.15, 0.2) is 11.5 Å². The third kappa shape index (κ3) is 4.06. The Hall–Kier alpha value is -2.53. The second-order valence-electron chi connectivity index (χ2n) is 6.14. The maximum absolute atomic E-state index is 12.4. The Morgan fingerprint density at radius 2 is 1.58 bits per heavy atom. The Labute approximate surface area is 141 Å². The Bertz CT molecular complexity index is 695. The Morgan fingerprint density at radius 3 is 2.25 bits per heavy atom. The minimum atomic E-state index is -0.187. The summed E-state index contributed by atoms with van der Waals surface area (Å²) in [6.07, 6.45) is 0.243. The van der Waals surface area contributed by atoms with Gasteiger partial charge in [-0.1, -0.05) is 36.4 Å². The summed E-state index contributed by atoms with van der Waals surface area (Å²) < 4.78 is 0. The van der Waals surface area contributed by atoms with Gasteiger partial charge in [0.1, 0.15) is 0 Å². The summed E-state index contributed by atoms with van der Waals surface area (Å²) in [5, 5.41) is 18.8. The van der Waals surface area contributed by atoms with Crippen LogP contribution in [-0.4, -0.2) is 52.1 Å². The van der Waals surface area contributed by atoms with Crippen molar-refractivity contribution in [2.75, 3.05) is 26.2 Å². The van der Waals surface area contributed by atoms with Gasteiger partial charge in [0, 0.05) is 32.7 Å². The van der Waals surface area contributed by atoms with Crippen LogP contribution in [0.15, 0.2) is 48.5 Å². The number of aromatic hydroxyl groups is 2. The molecule has 1 heterocycles. The Morgan fingerprint density at radius 1 is 0.875 bits per heavy atom. The van der Waals surface area contributed by atoms with Crippen LogP contribution in [0.25, 0.3) is 0 Å². The molecule has 126 valence electrons. The molecule has 0 atom stereocenters. The van der Waals surface area contributed by atoms with Crippen molar-refractivity contribution in [1.82, 2.24) is 9.80 Å². The van der Waals surface area contributed by atoms with Crippen molar-refractivity contribution in [2.24, 2.45) is 0 Å². The number of benzene rings is 2. The predicted octanol–water partition coefficient (Wildman–Crippen LogP) is 1.98. The first kappa shape index (κ1) is 16.3. The highest BCUT2D eigenvalue weighted by Crippen LogP contribution is 2.25. The van der Waals surface area contributed by atoms with E-state index in [4.69, 9.17) is 0 Å². The van der Waals surface area contributed by atoms with Gasteiger partial charge >= 0.3 is 0 Å². The minimum absolute atomic E-state index is 0.0550. The first-order valence-corrected chi connectivity index (χ1v) is 8.17. The highest BCUT2D eigenvalue weighted by Gasteiger charge is 2.21. The van der Waals surface area contributed by atoms with E-state index in [1.165, 1.54) is 17.7 Å². The van der Waals surface area contributed by atoms with Crippen LogP contribution in [0.1, 0.15) is 11.1 Å². The molecule has 0 spiro atoms. The van der Waals surface area contributed by atoms with Crippen LogP contribution in [0.3, 0.4) is 0 Å². The first-order chi connectivity index (χ1) is 11.6. The van der Waals surface area contributed by atoms with Crippen LogP contribution in [0.2, 0.25) is 0 Å². The van der Waals surface area contributed by atoms with Gasteiger partial charge in [0.2, 0.25) is 5.91 Å². The molecule has 5 nitrogen and oxygen atoms in total. The van der Waals surface area contributed by atoms with Crippen molar-refractivity contribution in [3.63, 3.8) is 0 Å². The summed E-state index contributed by atoms with van der Waals surface area (Å²) in [6, 6.07) is 14.9. The van der Waals surface area contributed by atoms with Crippen molar-refractivity contribution in [3.8, 4) is 11.5 Å². The normalized spacial score (nSPS) is 15.4. The molecule has 0 saturated carbocycles. The van der Waals surface area contributed by atoms with Crippen LogP contribution in [0.5, 0.6) is 11.5 Å². The largest absolute Gasteiger partial charge is 0.504 e. The van der Waals surface area contributed by atoms with E-state index in [0.29, 0.717) is 5.56 Å². The maximum atomic E-state index is 12.4. The number of carbonyl (C=O) groups is 1. The van der Waals surface area contributed by atoms with Crippen molar-refractivity contribution >= 4 is 5.91 Å². The van der Waals surface area contributed by atoms with Gasteiger partial charge in [-0.05, 0) is 23.3 Å². The van der Waals surface area contributed by atoms with E-state index < -0.39 is 0 Å². The summed E-state index contributed by atoms with van der Waals surface area (Å²) in [5.41, 5.74) is 2.00. The molecule has 0 unspecified atom stereocenters. The summed E-state index contributed by atoms with van der Waals surface area (Å²) in [4.78, 5) is 16.6. The van der Waals surface area contributed by atoms with Crippen LogP contribution in [0.4, 0.5) is 0 Å². The molecule has 3 rings (SSSR count). The van der Waals surface area contributed by atoms with Crippen molar-refractivity contribution in [3.05, 3.63) is 59.7 Å². The molecular formula is C19H22N2O3. The van der Waals surface area contributed by atoms with E-state index >= 15 is 0 Å². The van der Waals surface area contributed by atoms with Crippen molar-refractivity contribution in [1.29, 1.82) is 0 Å². The number of phenolic OH excluding ortho intramolecular Hbond substituents is 2. The molecule has 1 fully saturated rings. The number of hydrogen-bond donors (Lipinski definition) is 2. The Kier molecular flexibility index (Phi) is 5.01. The zero-order valence-corrected chi connectivity index (χ0v) is 13.6. The first-order valence-electron chi connectivity index (χ1n) is 8.17. The van der Waals surface area contributed by atoms with Gasteiger partial charge in [0.05, 0.1) is 6.42 Å². The van der Waals surface area contributed by atoms with Gasteiger partial charge in [-0.15, -0.1) is 0 Å². The molecule has 0 radical (unpaired) electrons. The van der Waals surface area contributed by atoms with E-state index in [0.717, 1.165) is 32.7 Å². The lowest BCUT2D eigenvalue weighted by molar-refractivity contribution is -0.132. The molecule has 24 heavy (non-hydrogen) atoms. The van der Waals surface area contributed by atoms with Gasteiger partial charge < -0.3 is 15.1 Å². The highest BCUT2D eigenvalue weighted by atomic mass is 16.3. The number of amides is 1. The lowest BCUT2D eigenvalue weighted by Crippen LogP contribution is -2.48. The number of piperazine rings is 1. The third-order valence-electron chi connectivity index (χ3n) is 4.37. The summed E-state index contributed by atoms with van der Waals surface area (Å²) >= 11 is 0. The highest BCUT2D eigenvalue weighted by molar-refractivity contribution is 5.79. The van der Waals surface area contributed by atoms with Crippen LogP contribution in [-0.2, 0) is 17.8 Å². The third-order valence-corrected chi connectivity index (χ3v) is 4.37. The second-order valence-corrected chi connectivity index (χ2v) is 6.14. The lowest BCUT2D eigenvalue weighted by Gasteiger charge is -2.34. The molecule has 1 aliphatic heterocycles. The van der Waals surface area contributed by atoms with E-state index in [-0.39, 0.29) is 23.8 Å². The molecule has 0 aromatic heterocycles. The summed E-state index contributed by atoms with van der Waals surface area (Å²) in [6.45, 7) is 4.07. The van der Waals surface area contributed by atoms with Gasteiger partial charge in [-0.25, -0.2) is 0 Å². The molecule has 2 aromatic rings. The summed E-state index contributed by atoms with van der Waals surface area (Å²) in [5.74, 6) is -0.298. The van der Waals surface area contributed by atoms with Crippen LogP contribution in [0, 0.1) is 0 Å². The molecule has 5 heteroatoms. The molecule has 2 aromatic carbocycles. The van der Waals surface area contributed by atoms with E-state index in [1.807, 2.05) is 23.1 Å². The smallest absolute Gasteiger partial charge is 0.227 e.